The molecule has 0 amide bonds. The summed E-state index contributed by atoms with van der Waals surface area (Å²) >= 11 is 3.51. The minimum absolute atomic E-state index is 0.840. The molecule has 1 heterocycles. The van der Waals surface area contributed by atoms with Gasteiger partial charge in [-0.25, -0.2) is 0 Å². The van der Waals surface area contributed by atoms with E-state index in [0.29, 0.717) is 0 Å². The van der Waals surface area contributed by atoms with E-state index in [2.05, 4.69) is 45.0 Å². The van der Waals surface area contributed by atoms with Gasteiger partial charge in [0.15, 0.2) is 0 Å². The predicted molar refractivity (Wildman–Crippen MR) is 77.0 cm³/mol. The molecule has 4 heteroatoms. The van der Waals surface area contributed by atoms with E-state index in [0.717, 1.165) is 22.5 Å². The highest BCUT2D eigenvalue weighted by Gasteiger charge is 2.06. The molecule has 18 heavy (non-hydrogen) atoms. The standard InChI is InChI=1S/C14H15BrN2O/c1-17(14-7-8-16-9-13(14)15)10-11-3-5-12(18-2)6-4-11/h3-9H,10H2,1-2H3. The average Bonchev–Trinajstić information content (AvgIpc) is 2.40. The number of nitrogens with zero attached hydrogens (tertiary/aromatic N) is 2. The van der Waals surface area contributed by atoms with Gasteiger partial charge in [0.2, 0.25) is 0 Å². The van der Waals surface area contributed by atoms with E-state index in [4.69, 9.17) is 4.74 Å². The molecule has 0 radical (unpaired) electrons. The fourth-order valence-corrected chi connectivity index (χ4v) is 2.32. The summed E-state index contributed by atoms with van der Waals surface area (Å²) in [5.74, 6) is 0.881. The van der Waals surface area contributed by atoms with Crippen LogP contribution >= 0.6 is 15.9 Å². The SMILES string of the molecule is COc1ccc(CN(C)c2ccncc2Br)cc1. The quantitative estimate of drug-likeness (QED) is 0.864. The van der Waals surface area contributed by atoms with Crippen molar-refractivity contribution < 1.29 is 4.74 Å². The summed E-state index contributed by atoms with van der Waals surface area (Å²) in [4.78, 5) is 6.24. The van der Waals surface area contributed by atoms with Crippen molar-refractivity contribution in [1.29, 1.82) is 0 Å². The summed E-state index contributed by atoms with van der Waals surface area (Å²) < 4.78 is 6.15. The first kappa shape index (κ1) is 12.9. The topological polar surface area (TPSA) is 25.4 Å². The lowest BCUT2D eigenvalue weighted by atomic mass is 10.2. The van der Waals surface area contributed by atoms with E-state index in [9.17, 15) is 0 Å². The number of halogens is 1. The zero-order valence-electron chi connectivity index (χ0n) is 10.4. The van der Waals surface area contributed by atoms with Crippen molar-refractivity contribution in [1.82, 2.24) is 4.98 Å². The Bertz CT molecular complexity index is 513. The Balaban J connectivity index is 2.11. The molecule has 0 spiro atoms. The number of pyridine rings is 1. The molecule has 0 aliphatic heterocycles. The minimum atomic E-state index is 0.840. The molecule has 0 bridgehead atoms. The molecule has 0 fully saturated rings. The molecule has 3 nitrogen and oxygen atoms in total. The van der Waals surface area contributed by atoms with Crippen LogP contribution in [0.1, 0.15) is 5.56 Å². The van der Waals surface area contributed by atoms with E-state index in [-0.39, 0.29) is 0 Å². The Morgan fingerprint density at radius 2 is 1.94 bits per heavy atom. The number of anilines is 1. The van der Waals surface area contributed by atoms with Gasteiger partial charge >= 0.3 is 0 Å². The third kappa shape index (κ3) is 3.01. The third-order valence-corrected chi connectivity index (χ3v) is 3.35. The second-order valence-electron chi connectivity index (χ2n) is 4.03. The van der Waals surface area contributed by atoms with Crippen LogP contribution in [0.2, 0.25) is 0 Å². The lowest BCUT2D eigenvalue weighted by molar-refractivity contribution is 0.414. The Morgan fingerprint density at radius 1 is 1.22 bits per heavy atom. The number of rotatable bonds is 4. The normalized spacial score (nSPS) is 10.2. The number of ether oxygens (including phenoxy) is 1. The van der Waals surface area contributed by atoms with Gasteiger partial charge in [0.25, 0.3) is 0 Å². The van der Waals surface area contributed by atoms with Crippen molar-refractivity contribution in [3.8, 4) is 5.75 Å². The molecule has 94 valence electrons. The van der Waals surface area contributed by atoms with Crippen molar-refractivity contribution in [3.05, 3.63) is 52.8 Å². The second kappa shape index (κ2) is 5.87. The first-order valence-corrected chi connectivity index (χ1v) is 6.43. The smallest absolute Gasteiger partial charge is 0.118 e. The van der Waals surface area contributed by atoms with Crippen LogP contribution in [0.25, 0.3) is 0 Å². The van der Waals surface area contributed by atoms with Crippen molar-refractivity contribution in [2.24, 2.45) is 0 Å². The van der Waals surface area contributed by atoms with Gasteiger partial charge in [0, 0.05) is 26.0 Å². The van der Waals surface area contributed by atoms with Crippen LogP contribution in [-0.4, -0.2) is 19.1 Å². The maximum Gasteiger partial charge on any atom is 0.118 e. The highest BCUT2D eigenvalue weighted by Crippen LogP contribution is 2.25. The van der Waals surface area contributed by atoms with E-state index in [1.54, 1.807) is 19.5 Å². The Hall–Kier alpha value is -1.55. The largest absolute Gasteiger partial charge is 0.497 e. The zero-order chi connectivity index (χ0) is 13.0. The molecule has 1 aromatic heterocycles. The number of benzene rings is 1. The van der Waals surface area contributed by atoms with Crippen molar-refractivity contribution in [3.63, 3.8) is 0 Å². The predicted octanol–water partition coefficient (Wildman–Crippen LogP) is 3.49. The molecule has 0 saturated carbocycles. The highest BCUT2D eigenvalue weighted by molar-refractivity contribution is 9.10. The van der Waals surface area contributed by atoms with Crippen molar-refractivity contribution in [2.45, 2.75) is 6.54 Å². The van der Waals surface area contributed by atoms with Crippen LogP contribution in [0.3, 0.4) is 0 Å². The number of aromatic nitrogens is 1. The summed E-state index contributed by atoms with van der Waals surface area (Å²) in [5.41, 5.74) is 2.36. The summed E-state index contributed by atoms with van der Waals surface area (Å²) in [7, 11) is 3.74. The van der Waals surface area contributed by atoms with Crippen LogP contribution in [0.5, 0.6) is 5.75 Å². The monoisotopic (exact) mass is 306 g/mol. The molecule has 0 aliphatic rings. The molecule has 2 aromatic rings. The van der Waals surface area contributed by atoms with Crippen LogP contribution in [0.15, 0.2) is 47.2 Å². The Morgan fingerprint density at radius 3 is 2.56 bits per heavy atom. The lowest BCUT2D eigenvalue weighted by Crippen LogP contribution is -2.16. The molecule has 0 aliphatic carbocycles. The zero-order valence-corrected chi connectivity index (χ0v) is 12.0. The molecule has 2 rings (SSSR count). The van der Waals surface area contributed by atoms with Crippen LogP contribution in [0.4, 0.5) is 5.69 Å². The van der Waals surface area contributed by atoms with E-state index >= 15 is 0 Å². The molecular weight excluding hydrogens is 292 g/mol. The van der Waals surface area contributed by atoms with Crippen LogP contribution < -0.4 is 9.64 Å². The first-order valence-electron chi connectivity index (χ1n) is 5.64. The molecule has 0 unspecified atom stereocenters. The van der Waals surface area contributed by atoms with E-state index in [1.165, 1.54) is 5.56 Å². The van der Waals surface area contributed by atoms with Gasteiger partial charge in [-0.3, -0.25) is 4.98 Å². The van der Waals surface area contributed by atoms with Gasteiger partial charge in [-0.2, -0.15) is 0 Å². The summed E-state index contributed by atoms with van der Waals surface area (Å²) in [6.07, 6.45) is 3.60. The summed E-state index contributed by atoms with van der Waals surface area (Å²) in [6, 6.07) is 10.1. The van der Waals surface area contributed by atoms with Gasteiger partial charge in [-0.15, -0.1) is 0 Å². The van der Waals surface area contributed by atoms with Crippen molar-refractivity contribution >= 4 is 21.6 Å². The Labute approximate surface area is 116 Å². The van der Waals surface area contributed by atoms with Crippen molar-refractivity contribution in [2.75, 3.05) is 19.1 Å². The highest BCUT2D eigenvalue weighted by atomic mass is 79.9. The molecule has 0 atom stereocenters. The summed E-state index contributed by atoms with van der Waals surface area (Å²) in [5, 5.41) is 0. The van der Waals surface area contributed by atoms with Gasteiger partial charge < -0.3 is 9.64 Å². The van der Waals surface area contributed by atoms with Gasteiger partial charge in [0.05, 0.1) is 17.3 Å². The summed E-state index contributed by atoms with van der Waals surface area (Å²) in [6.45, 7) is 0.840. The van der Waals surface area contributed by atoms with Gasteiger partial charge in [-0.05, 0) is 39.7 Å². The molecule has 0 N–H and O–H groups in total. The van der Waals surface area contributed by atoms with Gasteiger partial charge in [-0.1, -0.05) is 12.1 Å². The minimum Gasteiger partial charge on any atom is -0.497 e. The third-order valence-electron chi connectivity index (χ3n) is 2.74. The van der Waals surface area contributed by atoms with E-state index < -0.39 is 0 Å². The average molecular weight is 307 g/mol. The number of methoxy groups -OCH3 is 1. The van der Waals surface area contributed by atoms with Gasteiger partial charge in [0.1, 0.15) is 5.75 Å². The maximum atomic E-state index is 5.15. The maximum absolute atomic E-state index is 5.15. The molecule has 0 saturated heterocycles. The van der Waals surface area contributed by atoms with Crippen LogP contribution in [0, 0.1) is 0 Å². The Kier molecular flexibility index (Phi) is 4.20. The molecular formula is C14H15BrN2O. The number of hydrogen-bond acceptors (Lipinski definition) is 3. The second-order valence-corrected chi connectivity index (χ2v) is 4.89. The van der Waals surface area contributed by atoms with E-state index in [1.807, 2.05) is 18.2 Å². The molecule has 1 aromatic carbocycles. The first-order chi connectivity index (χ1) is 8.70. The fourth-order valence-electron chi connectivity index (χ4n) is 1.77. The lowest BCUT2D eigenvalue weighted by Gasteiger charge is -2.20. The van der Waals surface area contributed by atoms with Crippen LogP contribution in [-0.2, 0) is 6.54 Å². The fraction of sp³-hybridized carbons (Fsp3) is 0.214. The number of hydrogen-bond donors (Lipinski definition) is 0.